The fourth-order valence-corrected chi connectivity index (χ4v) is 0. The van der Waals surface area contributed by atoms with Gasteiger partial charge in [-0.2, -0.15) is 0 Å². The molecule has 0 unspecified atom stereocenters. The van der Waals surface area contributed by atoms with Crippen LogP contribution in [0.5, 0.6) is 0 Å². The van der Waals surface area contributed by atoms with Crippen molar-refractivity contribution in [3.63, 3.8) is 0 Å². The summed E-state index contributed by atoms with van der Waals surface area (Å²) < 4.78 is 0. The Balaban J connectivity index is -0.0000000720. The Bertz CT molecular complexity index is 60.1. The number of carbonyl (C=O) groups is 1. The van der Waals surface area contributed by atoms with Crippen LogP contribution in [0.15, 0.2) is 0 Å². The van der Waals surface area contributed by atoms with Gasteiger partial charge in [0, 0.05) is 0 Å². The zero-order chi connectivity index (χ0) is 7.15. The zero-order valence-corrected chi connectivity index (χ0v) is 7.08. The Kier molecular flexibility index (Phi) is 20.7. The minimum atomic E-state index is -1.83. The number of hydrogen-bond donors (Lipinski definition) is 2. The van der Waals surface area contributed by atoms with Gasteiger partial charge < -0.3 is 15.7 Å². The van der Waals surface area contributed by atoms with E-state index in [9.17, 15) is 0 Å². The Labute approximate surface area is 68.1 Å². The van der Waals surface area contributed by atoms with Crippen molar-refractivity contribution < 1.29 is 31.4 Å². The first kappa shape index (κ1) is 16.3. The van der Waals surface area contributed by atoms with Gasteiger partial charge in [0.05, 0.1) is 0 Å². The molecule has 0 atom stereocenters. The summed E-state index contributed by atoms with van der Waals surface area (Å²) in [6.07, 6.45) is -1.83. The summed E-state index contributed by atoms with van der Waals surface area (Å²) in [6.45, 7) is 0. The van der Waals surface area contributed by atoms with Crippen molar-refractivity contribution in [3.05, 3.63) is 0 Å². The maximum absolute atomic E-state index is 8.56. The third-order valence-corrected chi connectivity index (χ3v) is 0. The fourth-order valence-electron chi connectivity index (χ4n) is 0. The number of carboxylic acid groups (broad SMARTS) is 2. The van der Waals surface area contributed by atoms with E-state index in [0.29, 0.717) is 0 Å². The SMILES string of the molecule is O.O=C(O)O.[Cl][Co]([Cl])[Cl]. The second kappa shape index (κ2) is 11.4. The van der Waals surface area contributed by atoms with E-state index in [1.807, 2.05) is 0 Å². The van der Waals surface area contributed by atoms with Crippen LogP contribution in [0, 0.1) is 0 Å². The average Bonchev–Trinajstić information content (AvgIpc) is 1.25. The van der Waals surface area contributed by atoms with Crippen LogP contribution in [0.2, 0.25) is 0 Å². The number of halogens is 3. The van der Waals surface area contributed by atoms with Gasteiger partial charge in [0.15, 0.2) is 0 Å². The predicted octanol–water partition coefficient (Wildman–Crippen LogP) is 1.46. The topological polar surface area (TPSA) is 89.0 Å². The van der Waals surface area contributed by atoms with Crippen LogP contribution in [0.4, 0.5) is 4.79 Å². The molecule has 0 rings (SSSR count). The predicted molar refractivity (Wildman–Crippen MR) is 31.8 cm³/mol. The first-order valence-corrected chi connectivity index (χ1v) is 5.33. The van der Waals surface area contributed by atoms with E-state index in [1.54, 1.807) is 0 Å². The van der Waals surface area contributed by atoms with Crippen LogP contribution in [0.25, 0.3) is 0 Å². The average molecular weight is 245 g/mol. The Morgan fingerprint density at radius 1 is 1.22 bits per heavy atom. The Hall–Kier alpha value is 0.606. The van der Waals surface area contributed by atoms with Gasteiger partial charge in [0.1, 0.15) is 0 Å². The van der Waals surface area contributed by atoms with E-state index < -0.39 is 17.1 Å². The molecule has 0 aromatic carbocycles. The summed E-state index contributed by atoms with van der Waals surface area (Å²) in [5, 5.41) is 13.9. The van der Waals surface area contributed by atoms with Crippen LogP contribution in [-0.2, 0) is 10.9 Å². The summed E-state index contributed by atoms with van der Waals surface area (Å²) >= 11 is 0. The summed E-state index contributed by atoms with van der Waals surface area (Å²) in [5.41, 5.74) is 0. The van der Waals surface area contributed by atoms with Crippen molar-refractivity contribution in [1.82, 2.24) is 0 Å². The van der Waals surface area contributed by atoms with Crippen molar-refractivity contribution in [1.29, 1.82) is 0 Å². The van der Waals surface area contributed by atoms with E-state index in [1.165, 1.54) is 0 Å². The van der Waals surface area contributed by atoms with Gasteiger partial charge in [-0.1, -0.05) is 0 Å². The van der Waals surface area contributed by atoms with E-state index in [0.717, 1.165) is 0 Å². The van der Waals surface area contributed by atoms with Gasteiger partial charge >= 0.3 is 47.5 Å². The number of hydrogen-bond acceptors (Lipinski definition) is 1. The quantitative estimate of drug-likeness (QED) is 0.677. The zero-order valence-electron chi connectivity index (χ0n) is 3.77. The molecule has 0 spiro atoms. The third kappa shape index (κ3) is 1020. The van der Waals surface area contributed by atoms with E-state index in [2.05, 4.69) is 0 Å². The third-order valence-electron chi connectivity index (χ3n) is 0. The maximum atomic E-state index is 8.56. The van der Waals surface area contributed by atoms with Crippen LogP contribution >= 0.6 is 30.4 Å². The normalized spacial score (nSPS) is 7.67. The molecule has 0 bridgehead atoms. The van der Waals surface area contributed by atoms with Gasteiger partial charge in [-0.25, -0.2) is 4.79 Å². The van der Waals surface area contributed by atoms with Gasteiger partial charge in [-0.05, 0) is 0 Å². The Morgan fingerprint density at radius 2 is 1.22 bits per heavy atom. The van der Waals surface area contributed by atoms with Crippen LogP contribution in [0.1, 0.15) is 0 Å². The van der Waals surface area contributed by atoms with Crippen molar-refractivity contribution >= 4 is 36.6 Å². The first-order chi connectivity index (χ1) is 3.46. The van der Waals surface area contributed by atoms with Crippen LogP contribution < -0.4 is 0 Å². The van der Waals surface area contributed by atoms with Gasteiger partial charge in [-0.15, -0.1) is 0 Å². The van der Waals surface area contributed by atoms with Gasteiger partial charge in [-0.3, -0.25) is 0 Å². The first-order valence-electron chi connectivity index (χ1n) is 1.03. The molecule has 0 saturated carbocycles. The van der Waals surface area contributed by atoms with Gasteiger partial charge in [0.2, 0.25) is 0 Å². The van der Waals surface area contributed by atoms with Crippen molar-refractivity contribution in [3.8, 4) is 0 Å². The molecule has 62 valence electrons. The molecule has 0 aliphatic heterocycles. The molecule has 4 N–H and O–H groups in total. The molecule has 0 heterocycles. The molecule has 8 heteroatoms. The number of rotatable bonds is 0. The van der Waals surface area contributed by atoms with Gasteiger partial charge in [0.25, 0.3) is 0 Å². The van der Waals surface area contributed by atoms with Crippen molar-refractivity contribution in [2.24, 2.45) is 0 Å². The van der Waals surface area contributed by atoms with E-state index in [-0.39, 0.29) is 5.48 Å². The molecular formula is CH4Cl3CoO4. The fraction of sp³-hybridized carbons (Fsp3) is 0. The summed E-state index contributed by atoms with van der Waals surface area (Å²) in [5.74, 6) is 0. The molecule has 0 radical (unpaired) electrons. The molecule has 0 aliphatic rings. The van der Waals surface area contributed by atoms with Crippen LogP contribution in [0.3, 0.4) is 0 Å². The van der Waals surface area contributed by atoms with Crippen molar-refractivity contribution in [2.75, 3.05) is 0 Å². The summed E-state index contributed by atoms with van der Waals surface area (Å²) in [4.78, 5) is 8.56. The Morgan fingerprint density at radius 3 is 1.22 bits per heavy atom. The van der Waals surface area contributed by atoms with E-state index >= 15 is 0 Å². The molecule has 9 heavy (non-hydrogen) atoms. The minimum absolute atomic E-state index is 0. The molecule has 0 aromatic heterocycles. The standard InChI is InChI=1S/CH2O3.3ClH.Co.H2O/c2-1(3)4;;;;;/h(H2,2,3,4);3*1H;;1H2/q;;;;+3;/p-3. The van der Waals surface area contributed by atoms with Crippen LogP contribution in [-0.4, -0.2) is 21.8 Å². The molecular weight excluding hydrogens is 241 g/mol. The van der Waals surface area contributed by atoms with Crippen molar-refractivity contribution in [2.45, 2.75) is 0 Å². The summed E-state index contributed by atoms with van der Waals surface area (Å²) in [6, 6.07) is 0. The molecule has 0 aliphatic carbocycles. The molecule has 4 nitrogen and oxygen atoms in total. The monoisotopic (exact) mass is 244 g/mol. The second-order valence-electron chi connectivity index (χ2n) is 0.425. The molecule has 0 saturated heterocycles. The molecule has 0 amide bonds. The molecule has 0 fully saturated rings. The van der Waals surface area contributed by atoms with E-state index in [4.69, 9.17) is 45.4 Å². The summed E-state index contributed by atoms with van der Waals surface area (Å²) in [7, 11) is 13.4. The molecule has 0 aromatic rings. The second-order valence-corrected chi connectivity index (χ2v) is 5.58.